The van der Waals surface area contributed by atoms with Crippen LogP contribution < -0.4 is 5.73 Å². The van der Waals surface area contributed by atoms with E-state index in [9.17, 15) is 4.39 Å². The van der Waals surface area contributed by atoms with E-state index in [1.165, 1.54) is 12.1 Å². The van der Waals surface area contributed by atoms with Crippen molar-refractivity contribution in [3.8, 4) is 0 Å². The lowest BCUT2D eigenvalue weighted by Crippen LogP contribution is -2.33. The van der Waals surface area contributed by atoms with Gasteiger partial charge < -0.3 is 5.73 Å². The zero-order valence-electron chi connectivity index (χ0n) is 10.7. The third kappa shape index (κ3) is 4.63. The molecule has 3 N–H and O–H groups in total. The normalized spacial score (nSPS) is 11.2. The van der Waals surface area contributed by atoms with E-state index in [1.807, 2.05) is 13.8 Å². The Hall–Kier alpha value is -1.13. The second-order valence-corrected chi connectivity index (χ2v) is 4.98. The average Bonchev–Trinajstić information content (AvgIpc) is 2.28. The van der Waals surface area contributed by atoms with Gasteiger partial charge in [-0.15, -0.1) is 0 Å². The molecule has 0 aliphatic rings. The number of amidine groups is 1. The minimum Gasteiger partial charge on any atom is -0.388 e. The summed E-state index contributed by atoms with van der Waals surface area (Å²) in [7, 11) is 0. The minimum atomic E-state index is -0.287. The molecule has 100 valence electrons. The van der Waals surface area contributed by atoms with E-state index >= 15 is 0 Å². The van der Waals surface area contributed by atoms with E-state index in [-0.39, 0.29) is 17.7 Å². The van der Waals surface area contributed by atoms with Gasteiger partial charge in [-0.2, -0.15) is 0 Å². The van der Waals surface area contributed by atoms with Gasteiger partial charge in [0.15, 0.2) is 0 Å². The molecule has 0 aliphatic carbocycles. The Morgan fingerprint density at radius 2 is 2.17 bits per heavy atom. The van der Waals surface area contributed by atoms with Crippen molar-refractivity contribution in [3.05, 3.63) is 34.6 Å². The molecular weight excluding hydrogens is 253 g/mol. The van der Waals surface area contributed by atoms with Crippen LogP contribution in [0.2, 0.25) is 5.02 Å². The smallest absolute Gasteiger partial charge is 0.123 e. The summed E-state index contributed by atoms with van der Waals surface area (Å²) in [6.45, 7) is 5.32. The summed E-state index contributed by atoms with van der Waals surface area (Å²) in [6, 6.07) is 4.64. The second-order valence-electron chi connectivity index (χ2n) is 4.58. The molecule has 1 rings (SSSR count). The number of rotatable bonds is 6. The first kappa shape index (κ1) is 14.9. The fourth-order valence-corrected chi connectivity index (χ4v) is 1.84. The van der Waals surface area contributed by atoms with Gasteiger partial charge in [0, 0.05) is 30.6 Å². The summed E-state index contributed by atoms with van der Waals surface area (Å²) in [5, 5.41) is 7.81. The number of nitrogens with zero attached hydrogens (tertiary/aromatic N) is 1. The molecule has 0 fully saturated rings. The third-order valence-electron chi connectivity index (χ3n) is 2.78. The van der Waals surface area contributed by atoms with E-state index in [0.29, 0.717) is 24.5 Å². The van der Waals surface area contributed by atoms with Crippen LogP contribution in [0.25, 0.3) is 0 Å². The van der Waals surface area contributed by atoms with Gasteiger partial charge in [-0.05, 0) is 37.6 Å². The van der Waals surface area contributed by atoms with Crippen LogP contribution in [0.15, 0.2) is 18.2 Å². The maximum atomic E-state index is 13.2. The zero-order chi connectivity index (χ0) is 13.7. The van der Waals surface area contributed by atoms with E-state index in [2.05, 4.69) is 4.90 Å². The maximum absolute atomic E-state index is 13.2. The Labute approximate surface area is 112 Å². The van der Waals surface area contributed by atoms with Gasteiger partial charge in [0.05, 0.1) is 5.84 Å². The number of nitrogens with one attached hydrogen (secondary N) is 1. The molecule has 3 nitrogen and oxygen atoms in total. The Morgan fingerprint density at radius 1 is 1.50 bits per heavy atom. The number of nitrogens with two attached hydrogens (primary N) is 1. The van der Waals surface area contributed by atoms with Crippen LogP contribution in [0.3, 0.4) is 0 Å². The number of hydrogen-bond acceptors (Lipinski definition) is 2. The van der Waals surface area contributed by atoms with Gasteiger partial charge in [0.1, 0.15) is 5.82 Å². The quantitative estimate of drug-likeness (QED) is 0.617. The van der Waals surface area contributed by atoms with Crippen molar-refractivity contribution in [2.45, 2.75) is 32.9 Å². The molecular formula is C13H19ClFN3. The number of hydrogen-bond donors (Lipinski definition) is 2. The first-order valence-electron chi connectivity index (χ1n) is 5.91. The fraction of sp³-hybridized carbons (Fsp3) is 0.462. The lowest BCUT2D eigenvalue weighted by molar-refractivity contribution is 0.219. The Morgan fingerprint density at radius 3 is 2.72 bits per heavy atom. The van der Waals surface area contributed by atoms with Crippen molar-refractivity contribution in [3.63, 3.8) is 0 Å². The molecule has 0 heterocycles. The summed E-state index contributed by atoms with van der Waals surface area (Å²) in [5.74, 6) is -0.129. The lowest BCUT2D eigenvalue weighted by atomic mass is 10.1. The highest BCUT2D eigenvalue weighted by Crippen LogP contribution is 2.20. The molecule has 18 heavy (non-hydrogen) atoms. The van der Waals surface area contributed by atoms with Crippen molar-refractivity contribution in [2.24, 2.45) is 5.73 Å². The Bertz CT molecular complexity index is 421. The van der Waals surface area contributed by atoms with Gasteiger partial charge in [0.25, 0.3) is 0 Å². The van der Waals surface area contributed by atoms with Gasteiger partial charge in [-0.3, -0.25) is 10.3 Å². The number of halogens is 2. The predicted octanol–water partition coefficient (Wildman–Crippen LogP) is 3.02. The van der Waals surface area contributed by atoms with E-state index in [1.54, 1.807) is 6.07 Å². The Kier molecular flexibility index (Phi) is 5.56. The molecule has 0 saturated carbocycles. The van der Waals surface area contributed by atoms with Crippen LogP contribution in [0.5, 0.6) is 0 Å². The van der Waals surface area contributed by atoms with Crippen LogP contribution in [-0.2, 0) is 6.54 Å². The Balaban J connectivity index is 2.76. The maximum Gasteiger partial charge on any atom is 0.123 e. The fourth-order valence-electron chi connectivity index (χ4n) is 1.67. The van der Waals surface area contributed by atoms with Crippen LogP contribution in [0, 0.1) is 11.2 Å². The molecule has 0 aromatic heterocycles. The second kappa shape index (κ2) is 6.71. The average molecular weight is 272 g/mol. The van der Waals surface area contributed by atoms with Gasteiger partial charge >= 0.3 is 0 Å². The number of benzene rings is 1. The van der Waals surface area contributed by atoms with Crippen LogP contribution in [0.4, 0.5) is 4.39 Å². The summed E-state index contributed by atoms with van der Waals surface area (Å²) < 4.78 is 13.2. The van der Waals surface area contributed by atoms with E-state index < -0.39 is 0 Å². The van der Waals surface area contributed by atoms with Crippen molar-refractivity contribution in [2.75, 3.05) is 6.54 Å². The first-order chi connectivity index (χ1) is 8.40. The standard InChI is InChI=1S/C13H19ClFN3/c1-9(2)18(6-5-13(16)17)8-10-7-11(15)3-4-12(10)14/h3-4,7,9H,5-6,8H2,1-2H3,(H3,16,17). The van der Waals surface area contributed by atoms with Crippen LogP contribution >= 0.6 is 11.6 Å². The molecule has 5 heteroatoms. The van der Waals surface area contributed by atoms with E-state index in [4.69, 9.17) is 22.7 Å². The van der Waals surface area contributed by atoms with Gasteiger partial charge in [0.2, 0.25) is 0 Å². The minimum absolute atomic E-state index is 0.158. The molecule has 1 aromatic carbocycles. The van der Waals surface area contributed by atoms with Gasteiger partial charge in [-0.1, -0.05) is 11.6 Å². The molecule has 0 unspecified atom stereocenters. The SMILES string of the molecule is CC(C)N(CCC(=N)N)Cc1cc(F)ccc1Cl. The molecule has 0 spiro atoms. The first-order valence-corrected chi connectivity index (χ1v) is 6.29. The largest absolute Gasteiger partial charge is 0.388 e. The summed E-state index contributed by atoms with van der Waals surface area (Å²) in [5.41, 5.74) is 6.12. The van der Waals surface area contributed by atoms with Crippen molar-refractivity contribution >= 4 is 17.4 Å². The highest BCUT2D eigenvalue weighted by molar-refractivity contribution is 6.31. The summed E-state index contributed by atoms with van der Waals surface area (Å²) >= 11 is 6.05. The van der Waals surface area contributed by atoms with Crippen LogP contribution in [-0.4, -0.2) is 23.3 Å². The highest BCUT2D eigenvalue weighted by atomic mass is 35.5. The van der Waals surface area contributed by atoms with Gasteiger partial charge in [-0.25, -0.2) is 4.39 Å². The van der Waals surface area contributed by atoms with Crippen LogP contribution in [0.1, 0.15) is 25.8 Å². The highest BCUT2D eigenvalue weighted by Gasteiger charge is 2.13. The molecule has 0 radical (unpaired) electrons. The summed E-state index contributed by atoms with van der Waals surface area (Å²) in [4.78, 5) is 2.11. The van der Waals surface area contributed by atoms with Crippen molar-refractivity contribution in [1.82, 2.24) is 4.90 Å². The molecule has 0 bridgehead atoms. The van der Waals surface area contributed by atoms with E-state index in [0.717, 1.165) is 5.56 Å². The molecule has 0 aliphatic heterocycles. The predicted molar refractivity (Wildman–Crippen MR) is 73.5 cm³/mol. The molecule has 0 amide bonds. The lowest BCUT2D eigenvalue weighted by Gasteiger charge is -2.26. The molecule has 0 atom stereocenters. The zero-order valence-corrected chi connectivity index (χ0v) is 11.5. The monoisotopic (exact) mass is 271 g/mol. The topological polar surface area (TPSA) is 53.1 Å². The summed E-state index contributed by atoms with van der Waals surface area (Å²) in [6.07, 6.45) is 0.505. The van der Waals surface area contributed by atoms with Crippen molar-refractivity contribution in [1.29, 1.82) is 5.41 Å². The van der Waals surface area contributed by atoms with Crippen molar-refractivity contribution < 1.29 is 4.39 Å². The molecule has 0 saturated heterocycles. The third-order valence-corrected chi connectivity index (χ3v) is 3.15. The molecule has 1 aromatic rings.